The Hall–Kier alpha value is -2.36. The number of piperazine rings is 1. The van der Waals surface area contributed by atoms with E-state index in [0.29, 0.717) is 31.3 Å². The molecule has 0 bridgehead atoms. The molecule has 1 saturated heterocycles. The highest BCUT2D eigenvalue weighted by Crippen LogP contribution is 2.15. The normalized spacial score (nSPS) is 15.4. The predicted molar refractivity (Wildman–Crippen MR) is 122 cm³/mol. The number of halogens is 1. The molecule has 10 heteroatoms. The van der Waals surface area contributed by atoms with Crippen molar-refractivity contribution in [2.24, 2.45) is 12.0 Å². The molecule has 0 atom stereocenters. The van der Waals surface area contributed by atoms with E-state index < -0.39 is 0 Å². The van der Waals surface area contributed by atoms with Crippen LogP contribution in [0, 0.1) is 6.92 Å². The molecule has 1 N–H and O–H groups in total. The summed E-state index contributed by atoms with van der Waals surface area (Å²) in [6.45, 7) is 9.02. The fourth-order valence-electron chi connectivity index (χ4n) is 3.27. The first kappa shape index (κ1) is 23.3. The number of hydrogen-bond donors (Lipinski definition) is 1. The van der Waals surface area contributed by atoms with Gasteiger partial charge in [0.05, 0.1) is 6.61 Å². The van der Waals surface area contributed by atoms with E-state index in [9.17, 15) is 0 Å². The maximum absolute atomic E-state index is 5.91. The first-order chi connectivity index (χ1) is 15.1. The first-order valence-corrected chi connectivity index (χ1v) is 10.9. The Labute approximate surface area is 189 Å². The Morgan fingerprint density at radius 2 is 1.87 bits per heavy atom. The maximum Gasteiger partial charge on any atom is 0.194 e. The molecule has 0 radical (unpaired) electrons. The van der Waals surface area contributed by atoms with Gasteiger partial charge in [-0.15, -0.1) is 10.2 Å². The molecule has 170 valence electrons. The van der Waals surface area contributed by atoms with Crippen molar-refractivity contribution in [2.75, 3.05) is 59.6 Å². The van der Waals surface area contributed by atoms with E-state index in [1.807, 2.05) is 42.8 Å². The average molecular weight is 450 g/mol. The number of nitrogens with one attached hydrogen (secondary N) is 1. The largest absolute Gasteiger partial charge is 0.492 e. The van der Waals surface area contributed by atoms with E-state index in [2.05, 4.69) is 25.3 Å². The SMILES string of the molecule is COCCNC(=NCc1nnc(C)n1C)N1CCN(CCOc2ccc(Cl)cc2)CC1. The molecule has 1 aliphatic rings. The van der Waals surface area contributed by atoms with E-state index >= 15 is 0 Å². The molecule has 2 aromatic rings. The summed E-state index contributed by atoms with van der Waals surface area (Å²) in [6, 6.07) is 7.48. The lowest BCUT2D eigenvalue weighted by molar-refractivity contribution is 0.151. The van der Waals surface area contributed by atoms with Crippen LogP contribution in [0.3, 0.4) is 0 Å². The molecule has 0 unspecified atom stereocenters. The van der Waals surface area contributed by atoms with E-state index in [1.54, 1.807) is 7.11 Å². The molecule has 1 aromatic carbocycles. The molecular weight excluding hydrogens is 418 g/mol. The minimum atomic E-state index is 0.488. The van der Waals surface area contributed by atoms with Crippen molar-refractivity contribution in [2.45, 2.75) is 13.5 Å². The number of hydrogen-bond acceptors (Lipinski definition) is 6. The molecule has 2 heterocycles. The van der Waals surface area contributed by atoms with Crippen molar-refractivity contribution < 1.29 is 9.47 Å². The van der Waals surface area contributed by atoms with Gasteiger partial charge >= 0.3 is 0 Å². The summed E-state index contributed by atoms with van der Waals surface area (Å²) < 4.78 is 13.0. The number of aliphatic imine (C=N–C) groups is 1. The van der Waals surface area contributed by atoms with Crippen molar-refractivity contribution in [1.29, 1.82) is 0 Å². The second-order valence-electron chi connectivity index (χ2n) is 7.41. The molecule has 0 amide bonds. The fourth-order valence-corrected chi connectivity index (χ4v) is 3.40. The Balaban J connectivity index is 1.48. The van der Waals surface area contributed by atoms with E-state index in [1.165, 1.54) is 0 Å². The van der Waals surface area contributed by atoms with Gasteiger partial charge < -0.3 is 24.3 Å². The van der Waals surface area contributed by atoms with Crippen molar-refractivity contribution in [1.82, 2.24) is 29.9 Å². The van der Waals surface area contributed by atoms with Crippen molar-refractivity contribution in [3.63, 3.8) is 0 Å². The van der Waals surface area contributed by atoms with Gasteiger partial charge in [-0.2, -0.15) is 0 Å². The summed E-state index contributed by atoms with van der Waals surface area (Å²) in [4.78, 5) is 9.49. The van der Waals surface area contributed by atoms with E-state index in [0.717, 1.165) is 56.1 Å². The Bertz CT molecular complexity index is 833. The summed E-state index contributed by atoms with van der Waals surface area (Å²) in [6.07, 6.45) is 0. The zero-order valence-corrected chi connectivity index (χ0v) is 19.3. The second kappa shape index (κ2) is 11.9. The molecular formula is C21H32ClN7O2. The van der Waals surface area contributed by atoms with Crippen LogP contribution in [0.5, 0.6) is 5.75 Å². The first-order valence-electron chi connectivity index (χ1n) is 10.5. The Kier molecular flexibility index (Phi) is 8.93. The fraction of sp³-hybridized carbons (Fsp3) is 0.571. The smallest absolute Gasteiger partial charge is 0.194 e. The molecule has 0 aliphatic carbocycles. The maximum atomic E-state index is 5.91. The predicted octanol–water partition coefficient (Wildman–Crippen LogP) is 1.57. The highest BCUT2D eigenvalue weighted by Gasteiger charge is 2.20. The van der Waals surface area contributed by atoms with Crippen molar-refractivity contribution in [3.8, 4) is 5.75 Å². The Morgan fingerprint density at radius 3 is 2.52 bits per heavy atom. The Morgan fingerprint density at radius 1 is 1.13 bits per heavy atom. The van der Waals surface area contributed by atoms with Crippen LogP contribution < -0.4 is 10.1 Å². The molecule has 3 rings (SSSR count). The summed E-state index contributed by atoms with van der Waals surface area (Å²) in [5.41, 5.74) is 0. The molecule has 9 nitrogen and oxygen atoms in total. The van der Waals surface area contributed by atoms with Gasteiger partial charge in [0.15, 0.2) is 11.8 Å². The van der Waals surface area contributed by atoms with Crippen LogP contribution in [-0.4, -0.2) is 90.1 Å². The van der Waals surface area contributed by atoms with Crippen LogP contribution in [0.1, 0.15) is 11.6 Å². The minimum Gasteiger partial charge on any atom is -0.492 e. The zero-order chi connectivity index (χ0) is 22.1. The standard InChI is InChI=1S/C21H32ClN7O2/c1-17-25-26-20(27(17)2)16-24-21(23-8-14-30-3)29-11-9-28(10-12-29)13-15-31-19-6-4-18(22)5-7-19/h4-7H,8-16H2,1-3H3,(H,23,24). The van der Waals surface area contributed by atoms with Gasteiger partial charge in [-0.3, -0.25) is 4.90 Å². The average Bonchev–Trinajstić information content (AvgIpc) is 3.10. The van der Waals surface area contributed by atoms with Crippen LogP contribution in [0.4, 0.5) is 0 Å². The molecule has 0 saturated carbocycles. The molecule has 1 aliphatic heterocycles. The topological polar surface area (TPSA) is 80.0 Å². The number of nitrogens with zero attached hydrogens (tertiary/aromatic N) is 6. The number of aryl methyl sites for hydroxylation is 1. The molecule has 1 fully saturated rings. The van der Waals surface area contributed by atoms with Crippen LogP contribution in [0.15, 0.2) is 29.3 Å². The van der Waals surface area contributed by atoms with Gasteiger partial charge in [0.25, 0.3) is 0 Å². The van der Waals surface area contributed by atoms with Gasteiger partial charge in [-0.1, -0.05) is 11.6 Å². The third kappa shape index (κ3) is 7.09. The van der Waals surface area contributed by atoms with Crippen LogP contribution in [0.2, 0.25) is 5.02 Å². The highest BCUT2D eigenvalue weighted by atomic mass is 35.5. The number of rotatable bonds is 9. The second-order valence-corrected chi connectivity index (χ2v) is 7.85. The lowest BCUT2D eigenvalue weighted by atomic mass is 10.3. The van der Waals surface area contributed by atoms with Crippen LogP contribution in [0.25, 0.3) is 0 Å². The molecule has 1 aromatic heterocycles. The molecule has 0 spiro atoms. The lowest BCUT2D eigenvalue weighted by Gasteiger charge is -2.36. The van der Waals surface area contributed by atoms with Gasteiger partial charge in [0.1, 0.15) is 24.7 Å². The highest BCUT2D eigenvalue weighted by molar-refractivity contribution is 6.30. The molecule has 31 heavy (non-hydrogen) atoms. The number of methoxy groups -OCH3 is 1. The number of benzene rings is 1. The monoisotopic (exact) mass is 449 g/mol. The number of ether oxygens (including phenoxy) is 2. The lowest BCUT2D eigenvalue weighted by Crippen LogP contribution is -2.53. The summed E-state index contributed by atoms with van der Waals surface area (Å²) in [5.74, 6) is 3.46. The zero-order valence-electron chi connectivity index (χ0n) is 18.6. The van der Waals surface area contributed by atoms with Crippen molar-refractivity contribution in [3.05, 3.63) is 40.9 Å². The number of aromatic nitrogens is 3. The van der Waals surface area contributed by atoms with Gasteiger partial charge in [-0.05, 0) is 31.2 Å². The van der Waals surface area contributed by atoms with Crippen LogP contribution >= 0.6 is 11.6 Å². The minimum absolute atomic E-state index is 0.488. The van der Waals surface area contributed by atoms with Gasteiger partial charge in [0, 0.05) is 58.4 Å². The van der Waals surface area contributed by atoms with Gasteiger partial charge in [-0.25, -0.2) is 4.99 Å². The van der Waals surface area contributed by atoms with E-state index in [4.69, 9.17) is 26.1 Å². The van der Waals surface area contributed by atoms with E-state index in [-0.39, 0.29) is 0 Å². The van der Waals surface area contributed by atoms with Crippen LogP contribution in [-0.2, 0) is 18.3 Å². The third-order valence-electron chi connectivity index (χ3n) is 5.30. The summed E-state index contributed by atoms with van der Waals surface area (Å²) in [5, 5.41) is 12.4. The summed E-state index contributed by atoms with van der Waals surface area (Å²) >= 11 is 5.91. The van der Waals surface area contributed by atoms with Crippen molar-refractivity contribution >= 4 is 17.6 Å². The quantitative estimate of drug-likeness (QED) is 0.353. The third-order valence-corrected chi connectivity index (χ3v) is 5.56. The number of guanidine groups is 1. The summed E-state index contributed by atoms with van der Waals surface area (Å²) in [7, 11) is 3.66. The van der Waals surface area contributed by atoms with Gasteiger partial charge in [0.2, 0.25) is 0 Å².